The Kier molecular flexibility index (Phi) is 4.23. The van der Waals surface area contributed by atoms with E-state index in [1.165, 1.54) is 0 Å². The summed E-state index contributed by atoms with van der Waals surface area (Å²) < 4.78 is 10.9. The second-order valence-corrected chi connectivity index (χ2v) is 7.14. The summed E-state index contributed by atoms with van der Waals surface area (Å²) in [7, 11) is 0. The molecular formula is C21H19N5O2. The molecule has 0 spiro atoms. The standard InChI is InChI=1S/C21H19N5O2/c1-2-26-6-5-14-15(8-22)20(25)21(10-23,11-24)19(16(14)9-26)13-3-4-17-18(7-13)28-12-27-17/h3-5,7,16,19H,2,6,9,12,25H2,1H3/t16-,19-/m0/s1. The fourth-order valence-corrected chi connectivity index (χ4v) is 4.48. The minimum absolute atomic E-state index is 0.0371. The first-order valence-electron chi connectivity index (χ1n) is 9.14. The van der Waals surface area contributed by atoms with Gasteiger partial charge in [0.05, 0.1) is 23.4 Å². The third-order valence-electron chi connectivity index (χ3n) is 5.94. The lowest BCUT2D eigenvalue weighted by Gasteiger charge is -2.45. The van der Waals surface area contributed by atoms with Gasteiger partial charge in [-0.05, 0) is 29.8 Å². The molecule has 0 bridgehead atoms. The smallest absolute Gasteiger partial charge is 0.231 e. The first kappa shape index (κ1) is 17.9. The van der Waals surface area contributed by atoms with Gasteiger partial charge in [-0.15, -0.1) is 0 Å². The van der Waals surface area contributed by atoms with Crippen LogP contribution in [0, 0.1) is 45.3 Å². The van der Waals surface area contributed by atoms with Crippen LogP contribution in [0.5, 0.6) is 11.5 Å². The maximum atomic E-state index is 10.1. The largest absolute Gasteiger partial charge is 0.454 e. The highest BCUT2D eigenvalue weighted by molar-refractivity contribution is 5.60. The van der Waals surface area contributed by atoms with E-state index in [1.807, 2.05) is 18.2 Å². The second-order valence-electron chi connectivity index (χ2n) is 7.14. The predicted octanol–water partition coefficient (Wildman–Crippen LogP) is 2.16. The van der Waals surface area contributed by atoms with Crippen LogP contribution in [0.1, 0.15) is 18.4 Å². The summed E-state index contributed by atoms with van der Waals surface area (Å²) >= 11 is 0. The monoisotopic (exact) mass is 373 g/mol. The van der Waals surface area contributed by atoms with Crippen molar-refractivity contribution in [2.75, 3.05) is 26.4 Å². The summed E-state index contributed by atoms with van der Waals surface area (Å²) in [5.74, 6) is 0.504. The molecule has 2 atom stereocenters. The summed E-state index contributed by atoms with van der Waals surface area (Å²) in [4.78, 5) is 2.23. The molecule has 2 N–H and O–H groups in total. The molecule has 28 heavy (non-hydrogen) atoms. The van der Waals surface area contributed by atoms with Crippen molar-refractivity contribution < 1.29 is 9.47 Å². The normalized spacial score (nSPS) is 25.1. The molecule has 1 aromatic rings. The van der Waals surface area contributed by atoms with Gasteiger partial charge in [0.25, 0.3) is 0 Å². The van der Waals surface area contributed by atoms with E-state index in [9.17, 15) is 15.8 Å². The van der Waals surface area contributed by atoms with Crippen LogP contribution >= 0.6 is 0 Å². The lowest BCUT2D eigenvalue weighted by molar-refractivity contribution is 0.173. The van der Waals surface area contributed by atoms with Crippen LogP contribution in [-0.2, 0) is 0 Å². The van der Waals surface area contributed by atoms with Gasteiger partial charge in [-0.2, -0.15) is 15.8 Å². The third-order valence-corrected chi connectivity index (χ3v) is 5.94. The number of hydrogen-bond donors (Lipinski definition) is 1. The molecular weight excluding hydrogens is 354 g/mol. The first-order valence-corrected chi connectivity index (χ1v) is 9.14. The quantitative estimate of drug-likeness (QED) is 0.843. The Morgan fingerprint density at radius 1 is 1.21 bits per heavy atom. The van der Waals surface area contributed by atoms with E-state index in [1.54, 1.807) is 6.07 Å². The Morgan fingerprint density at radius 2 is 1.96 bits per heavy atom. The van der Waals surface area contributed by atoms with E-state index in [0.717, 1.165) is 17.7 Å². The molecule has 0 amide bonds. The van der Waals surface area contributed by atoms with Gasteiger partial charge in [-0.3, -0.25) is 4.90 Å². The van der Waals surface area contributed by atoms with Gasteiger partial charge in [0.1, 0.15) is 6.07 Å². The average molecular weight is 373 g/mol. The number of nitriles is 3. The van der Waals surface area contributed by atoms with Crippen LogP contribution in [0.3, 0.4) is 0 Å². The van der Waals surface area contributed by atoms with Crippen molar-refractivity contribution in [1.29, 1.82) is 15.8 Å². The summed E-state index contributed by atoms with van der Waals surface area (Å²) in [6.45, 7) is 4.39. The van der Waals surface area contributed by atoms with Crippen molar-refractivity contribution in [2.24, 2.45) is 17.1 Å². The second kappa shape index (κ2) is 6.60. The van der Waals surface area contributed by atoms with Crippen LogP contribution in [0.15, 0.2) is 41.1 Å². The fourth-order valence-electron chi connectivity index (χ4n) is 4.48. The van der Waals surface area contributed by atoms with Crippen LogP contribution in [0.25, 0.3) is 0 Å². The van der Waals surface area contributed by atoms with Crippen LogP contribution < -0.4 is 15.2 Å². The number of likely N-dealkylation sites (N-methyl/N-ethyl adjacent to an activating group) is 1. The van der Waals surface area contributed by atoms with Crippen LogP contribution in [0.2, 0.25) is 0 Å². The minimum Gasteiger partial charge on any atom is -0.454 e. The minimum atomic E-state index is -1.63. The Labute approximate surface area is 163 Å². The van der Waals surface area contributed by atoms with Crippen molar-refractivity contribution in [3.05, 3.63) is 46.7 Å². The van der Waals surface area contributed by atoms with Gasteiger partial charge in [0, 0.05) is 24.9 Å². The Hall–Kier alpha value is -3.47. The number of nitrogens with two attached hydrogens (primary N) is 1. The molecule has 2 aliphatic heterocycles. The molecule has 1 aliphatic carbocycles. The molecule has 0 saturated carbocycles. The van der Waals surface area contributed by atoms with E-state index < -0.39 is 11.3 Å². The number of fused-ring (bicyclic) bond motifs is 2. The predicted molar refractivity (Wildman–Crippen MR) is 99.5 cm³/mol. The van der Waals surface area contributed by atoms with Crippen molar-refractivity contribution in [3.63, 3.8) is 0 Å². The molecule has 140 valence electrons. The number of allylic oxidation sites excluding steroid dienone is 2. The van der Waals surface area contributed by atoms with Crippen molar-refractivity contribution in [1.82, 2.24) is 4.90 Å². The van der Waals surface area contributed by atoms with E-state index in [-0.39, 0.29) is 24.0 Å². The molecule has 0 fully saturated rings. The highest BCUT2D eigenvalue weighted by atomic mass is 16.7. The van der Waals surface area contributed by atoms with Crippen LogP contribution in [0.4, 0.5) is 0 Å². The number of ether oxygens (including phenoxy) is 2. The zero-order valence-corrected chi connectivity index (χ0v) is 15.5. The van der Waals surface area contributed by atoms with Crippen molar-refractivity contribution in [2.45, 2.75) is 12.8 Å². The lowest BCUT2D eigenvalue weighted by Crippen LogP contribution is -2.48. The summed E-state index contributed by atoms with van der Waals surface area (Å²) in [5, 5.41) is 29.9. The maximum absolute atomic E-state index is 10.1. The summed E-state index contributed by atoms with van der Waals surface area (Å²) in [6.07, 6.45) is 2.00. The SMILES string of the molecule is CCN1CC=C2C(C#N)=C(N)C(C#N)(C#N)[C@@H](c3ccc4c(c3)OCO4)[C@H]2C1. The fraction of sp³-hybridized carbons (Fsp3) is 0.381. The number of benzene rings is 1. The highest BCUT2D eigenvalue weighted by Crippen LogP contribution is 2.55. The number of nitrogens with zero attached hydrogens (tertiary/aromatic N) is 4. The van der Waals surface area contributed by atoms with Gasteiger partial charge in [0.2, 0.25) is 6.79 Å². The zero-order valence-electron chi connectivity index (χ0n) is 15.5. The van der Waals surface area contributed by atoms with E-state index >= 15 is 0 Å². The van der Waals surface area contributed by atoms with Gasteiger partial charge in [-0.25, -0.2) is 0 Å². The van der Waals surface area contributed by atoms with E-state index in [2.05, 4.69) is 30.0 Å². The molecule has 7 nitrogen and oxygen atoms in total. The first-order chi connectivity index (χ1) is 13.6. The lowest BCUT2D eigenvalue weighted by atomic mass is 9.58. The average Bonchev–Trinajstić information content (AvgIpc) is 3.20. The van der Waals surface area contributed by atoms with Crippen LogP contribution in [-0.4, -0.2) is 31.3 Å². The van der Waals surface area contributed by atoms with E-state index in [0.29, 0.717) is 24.6 Å². The Balaban J connectivity index is 1.96. The van der Waals surface area contributed by atoms with Crippen molar-refractivity contribution in [3.8, 4) is 29.7 Å². The Morgan fingerprint density at radius 3 is 2.64 bits per heavy atom. The summed E-state index contributed by atoms with van der Waals surface area (Å²) in [6, 6.07) is 11.9. The molecule has 0 unspecified atom stereocenters. The molecule has 4 rings (SSSR count). The number of rotatable bonds is 2. The molecule has 0 saturated heterocycles. The van der Waals surface area contributed by atoms with Gasteiger partial charge in [0.15, 0.2) is 16.9 Å². The number of hydrogen-bond acceptors (Lipinski definition) is 7. The summed E-state index contributed by atoms with van der Waals surface area (Å²) in [5.41, 5.74) is 6.59. The zero-order chi connectivity index (χ0) is 19.9. The van der Waals surface area contributed by atoms with Gasteiger partial charge < -0.3 is 15.2 Å². The molecule has 2 heterocycles. The highest BCUT2D eigenvalue weighted by Gasteiger charge is 2.54. The Bertz CT molecular complexity index is 1010. The van der Waals surface area contributed by atoms with Gasteiger partial charge in [-0.1, -0.05) is 19.1 Å². The molecule has 7 heteroatoms. The topological polar surface area (TPSA) is 119 Å². The molecule has 1 aromatic carbocycles. The van der Waals surface area contributed by atoms with Crippen molar-refractivity contribution >= 4 is 0 Å². The third kappa shape index (κ3) is 2.36. The maximum Gasteiger partial charge on any atom is 0.231 e. The molecule has 0 aromatic heterocycles. The molecule has 0 radical (unpaired) electrons. The van der Waals surface area contributed by atoms with Gasteiger partial charge >= 0.3 is 0 Å². The molecule has 3 aliphatic rings. The van der Waals surface area contributed by atoms with E-state index in [4.69, 9.17) is 15.2 Å².